The first-order valence-corrected chi connectivity index (χ1v) is 10.3. The van der Waals surface area contributed by atoms with E-state index in [-0.39, 0.29) is 28.7 Å². The van der Waals surface area contributed by atoms with Crippen LogP contribution < -0.4 is 11.4 Å². The maximum absolute atomic E-state index is 12.7. The van der Waals surface area contributed by atoms with Crippen LogP contribution in [-0.2, 0) is 22.6 Å². The first kappa shape index (κ1) is 20.2. The summed E-state index contributed by atoms with van der Waals surface area (Å²) in [6.07, 6.45) is 1.90. The molecule has 0 saturated carbocycles. The Morgan fingerprint density at radius 1 is 1.29 bits per heavy atom. The van der Waals surface area contributed by atoms with Crippen molar-refractivity contribution in [1.82, 2.24) is 19.7 Å². The van der Waals surface area contributed by atoms with E-state index in [1.54, 1.807) is 9.47 Å². The third kappa shape index (κ3) is 4.83. The minimum absolute atomic E-state index is 0.0158. The van der Waals surface area contributed by atoms with Crippen LogP contribution in [0.25, 0.3) is 0 Å². The molecule has 1 saturated heterocycles. The van der Waals surface area contributed by atoms with Gasteiger partial charge in [0, 0.05) is 25.6 Å². The van der Waals surface area contributed by atoms with Gasteiger partial charge in [0.05, 0.1) is 5.25 Å². The van der Waals surface area contributed by atoms with Crippen LogP contribution in [0.2, 0.25) is 0 Å². The van der Waals surface area contributed by atoms with Crippen LogP contribution in [0.1, 0.15) is 25.3 Å². The minimum atomic E-state index is -0.379. The first-order chi connectivity index (χ1) is 13.5. The zero-order valence-corrected chi connectivity index (χ0v) is 16.7. The number of nitrogens with two attached hydrogens (primary N) is 1. The molecule has 0 radical (unpaired) electrons. The van der Waals surface area contributed by atoms with E-state index in [2.05, 4.69) is 10.2 Å². The van der Waals surface area contributed by atoms with Crippen molar-refractivity contribution in [2.24, 2.45) is 11.7 Å². The van der Waals surface area contributed by atoms with Gasteiger partial charge in [-0.05, 0) is 31.7 Å². The van der Waals surface area contributed by atoms with Gasteiger partial charge in [-0.15, -0.1) is 5.10 Å². The van der Waals surface area contributed by atoms with Crippen molar-refractivity contribution < 1.29 is 9.59 Å². The molecular weight excluding hydrogens is 378 g/mol. The number of aromatic amines is 1. The van der Waals surface area contributed by atoms with E-state index in [0.29, 0.717) is 44.1 Å². The molecule has 8 nitrogen and oxygen atoms in total. The number of benzene rings is 1. The number of amides is 2. The third-order valence-electron chi connectivity index (χ3n) is 5.03. The largest absolute Gasteiger partial charge is 0.369 e. The van der Waals surface area contributed by atoms with Crippen LogP contribution in [0.15, 0.2) is 40.3 Å². The van der Waals surface area contributed by atoms with Crippen LogP contribution in [0.3, 0.4) is 0 Å². The fourth-order valence-corrected chi connectivity index (χ4v) is 4.29. The molecule has 1 unspecified atom stereocenters. The van der Waals surface area contributed by atoms with Gasteiger partial charge in [-0.1, -0.05) is 42.1 Å². The van der Waals surface area contributed by atoms with Gasteiger partial charge in [0.25, 0.3) is 0 Å². The molecule has 28 heavy (non-hydrogen) atoms. The summed E-state index contributed by atoms with van der Waals surface area (Å²) in [6.45, 7) is 3.36. The van der Waals surface area contributed by atoms with Gasteiger partial charge in [-0.3, -0.25) is 14.2 Å². The van der Waals surface area contributed by atoms with E-state index < -0.39 is 0 Å². The smallest absolute Gasteiger partial charge is 0.343 e. The number of likely N-dealkylation sites (tertiary alicyclic amines) is 1. The van der Waals surface area contributed by atoms with E-state index in [4.69, 9.17) is 5.73 Å². The highest BCUT2D eigenvalue weighted by molar-refractivity contribution is 8.00. The predicted molar refractivity (Wildman–Crippen MR) is 107 cm³/mol. The second-order valence-electron chi connectivity index (χ2n) is 6.96. The molecule has 3 N–H and O–H groups in total. The lowest BCUT2D eigenvalue weighted by Gasteiger charge is -2.32. The van der Waals surface area contributed by atoms with Crippen LogP contribution in [0, 0.1) is 5.92 Å². The number of aryl methyl sites for hydroxylation is 1. The molecule has 1 aromatic heterocycles. The summed E-state index contributed by atoms with van der Waals surface area (Å²) in [5, 5.41) is 6.69. The zero-order chi connectivity index (χ0) is 20.1. The van der Waals surface area contributed by atoms with Gasteiger partial charge in [-0.25, -0.2) is 9.89 Å². The summed E-state index contributed by atoms with van der Waals surface area (Å²) in [5.74, 6) is -0.465. The van der Waals surface area contributed by atoms with Crippen molar-refractivity contribution in [2.75, 3.05) is 13.1 Å². The Kier molecular flexibility index (Phi) is 6.56. The average molecular weight is 404 g/mol. The number of piperidine rings is 1. The molecule has 3 rings (SSSR count). The number of H-pyrrole nitrogens is 1. The van der Waals surface area contributed by atoms with Crippen molar-refractivity contribution >= 4 is 23.6 Å². The van der Waals surface area contributed by atoms with E-state index in [1.165, 1.54) is 11.8 Å². The summed E-state index contributed by atoms with van der Waals surface area (Å²) < 4.78 is 1.57. The van der Waals surface area contributed by atoms with Crippen LogP contribution in [0.4, 0.5) is 0 Å². The Hall–Kier alpha value is -2.55. The SMILES string of the molecule is CC(Sc1n[nH]c(=O)n1CCc1ccccc1)C(=O)N1CCC(C(N)=O)CC1. The van der Waals surface area contributed by atoms with E-state index >= 15 is 0 Å². The molecule has 0 spiro atoms. The first-order valence-electron chi connectivity index (χ1n) is 9.39. The molecule has 0 aliphatic carbocycles. The summed E-state index contributed by atoms with van der Waals surface area (Å²) in [4.78, 5) is 37.9. The zero-order valence-electron chi connectivity index (χ0n) is 15.8. The number of aromatic nitrogens is 3. The van der Waals surface area contributed by atoms with E-state index in [1.807, 2.05) is 37.3 Å². The summed E-state index contributed by atoms with van der Waals surface area (Å²) in [6, 6.07) is 9.91. The molecule has 1 aliphatic heterocycles. The van der Waals surface area contributed by atoms with E-state index in [0.717, 1.165) is 5.56 Å². The lowest BCUT2D eigenvalue weighted by molar-refractivity contribution is -0.134. The maximum atomic E-state index is 12.7. The number of hydrogen-bond donors (Lipinski definition) is 2. The lowest BCUT2D eigenvalue weighted by Crippen LogP contribution is -2.44. The van der Waals surface area contributed by atoms with Gasteiger partial charge in [0.2, 0.25) is 11.8 Å². The van der Waals surface area contributed by atoms with Crippen molar-refractivity contribution in [3.05, 3.63) is 46.4 Å². The molecule has 2 aromatic rings. The fraction of sp³-hybridized carbons (Fsp3) is 0.474. The number of rotatable bonds is 7. The third-order valence-corrected chi connectivity index (χ3v) is 6.11. The van der Waals surface area contributed by atoms with Crippen molar-refractivity contribution in [3.8, 4) is 0 Å². The van der Waals surface area contributed by atoms with Gasteiger partial charge in [0.1, 0.15) is 0 Å². The Bertz CT molecular complexity index is 871. The number of primary amides is 1. The van der Waals surface area contributed by atoms with Crippen LogP contribution in [0.5, 0.6) is 0 Å². The molecule has 1 fully saturated rings. The minimum Gasteiger partial charge on any atom is -0.369 e. The Balaban J connectivity index is 1.59. The van der Waals surface area contributed by atoms with Gasteiger partial charge >= 0.3 is 5.69 Å². The Labute approximate surface area is 167 Å². The highest BCUT2D eigenvalue weighted by Crippen LogP contribution is 2.24. The number of hydrogen-bond acceptors (Lipinski definition) is 5. The highest BCUT2D eigenvalue weighted by Gasteiger charge is 2.29. The van der Waals surface area contributed by atoms with Crippen molar-refractivity contribution in [2.45, 2.75) is 43.1 Å². The molecule has 9 heteroatoms. The quantitative estimate of drug-likeness (QED) is 0.670. The number of nitrogens with one attached hydrogen (secondary N) is 1. The fourth-order valence-electron chi connectivity index (χ4n) is 3.33. The number of carbonyl (C=O) groups is 2. The second kappa shape index (κ2) is 9.09. The standard InChI is InChI=1S/C19H25N5O3S/c1-13(17(26)23-10-8-15(9-11-23)16(20)25)28-19-22-21-18(27)24(19)12-7-14-5-3-2-4-6-14/h2-6,13,15H,7-12H2,1H3,(H2,20,25)(H,21,27). The van der Waals surface area contributed by atoms with Crippen LogP contribution in [-0.4, -0.2) is 49.8 Å². The molecule has 2 heterocycles. The summed E-state index contributed by atoms with van der Waals surface area (Å²) in [5.41, 5.74) is 6.20. The summed E-state index contributed by atoms with van der Waals surface area (Å²) in [7, 11) is 0. The summed E-state index contributed by atoms with van der Waals surface area (Å²) >= 11 is 1.27. The van der Waals surface area contributed by atoms with Gasteiger partial charge in [-0.2, -0.15) is 0 Å². The normalized spacial score (nSPS) is 16.1. The van der Waals surface area contributed by atoms with E-state index in [9.17, 15) is 14.4 Å². The number of thioether (sulfide) groups is 1. The Morgan fingerprint density at radius 3 is 2.61 bits per heavy atom. The molecule has 150 valence electrons. The lowest BCUT2D eigenvalue weighted by atomic mass is 9.96. The van der Waals surface area contributed by atoms with Crippen molar-refractivity contribution in [1.29, 1.82) is 0 Å². The number of nitrogens with zero attached hydrogens (tertiary/aromatic N) is 3. The molecule has 1 aliphatic rings. The topological polar surface area (TPSA) is 114 Å². The highest BCUT2D eigenvalue weighted by atomic mass is 32.2. The molecule has 1 aromatic carbocycles. The maximum Gasteiger partial charge on any atom is 0.343 e. The average Bonchev–Trinajstić information content (AvgIpc) is 3.05. The van der Waals surface area contributed by atoms with Crippen LogP contribution >= 0.6 is 11.8 Å². The van der Waals surface area contributed by atoms with Crippen molar-refractivity contribution in [3.63, 3.8) is 0 Å². The molecule has 0 bridgehead atoms. The Morgan fingerprint density at radius 2 is 1.96 bits per heavy atom. The van der Waals surface area contributed by atoms with Gasteiger partial charge in [0.15, 0.2) is 5.16 Å². The van der Waals surface area contributed by atoms with Gasteiger partial charge < -0.3 is 10.6 Å². The predicted octanol–water partition coefficient (Wildman–Crippen LogP) is 1.02. The second-order valence-corrected chi connectivity index (χ2v) is 8.27. The monoisotopic (exact) mass is 403 g/mol. The number of carbonyl (C=O) groups excluding carboxylic acids is 2. The molecule has 2 amide bonds. The molecular formula is C19H25N5O3S. The molecule has 1 atom stereocenters.